The van der Waals surface area contributed by atoms with Gasteiger partial charge in [0.25, 0.3) is 0 Å². The minimum absolute atomic E-state index is 0.0714. The van der Waals surface area contributed by atoms with Crippen molar-refractivity contribution in [1.29, 1.82) is 0 Å². The summed E-state index contributed by atoms with van der Waals surface area (Å²) < 4.78 is 26.7. The largest absolute Gasteiger partial charge is 0.302 e. The normalized spacial score (nSPS) is 11.5. The predicted molar refractivity (Wildman–Crippen MR) is 398 cm³/mol. The Bertz CT molecular complexity index is 5480. The van der Waals surface area contributed by atoms with Crippen molar-refractivity contribution in [2.24, 2.45) is 17.8 Å². The molecule has 9 heterocycles. The number of hydrogen-bond donors (Lipinski definition) is 8. The monoisotopic (exact) mass is 1400 g/mol. The van der Waals surface area contributed by atoms with Gasteiger partial charge in [-0.25, -0.2) is 28.7 Å². The molecule has 22 nitrogen and oxygen atoms in total. The third-order valence-electron chi connectivity index (χ3n) is 16.6. The lowest BCUT2D eigenvalue weighted by molar-refractivity contribution is 0.391. The second kappa shape index (κ2) is 31.0. The van der Waals surface area contributed by atoms with Gasteiger partial charge in [-0.3, -0.25) is 45.8 Å². The van der Waals surface area contributed by atoms with Crippen LogP contribution in [0.15, 0.2) is 164 Å². The Labute approximate surface area is 595 Å². The maximum absolute atomic E-state index is 13.5. The fourth-order valence-electron chi connectivity index (χ4n) is 11.7. The highest BCUT2D eigenvalue weighted by atomic mass is 35.5. The Morgan fingerprint density at radius 3 is 1.25 bits per heavy atom. The number of rotatable bonds is 18. The molecule has 16 aromatic rings. The Morgan fingerprint density at radius 2 is 0.804 bits per heavy atom. The van der Waals surface area contributed by atoms with Crippen LogP contribution >= 0.6 is 23.2 Å². The Morgan fingerprint density at radius 1 is 0.392 bits per heavy atom. The van der Waals surface area contributed by atoms with Gasteiger partial charge in [-0.05, 0) is 178 Å². The average Bonchev–Trinajstić information content (AvgIpc) is 1.64. The molecule has 7 aromatic carbocycles. The Hall–Kier alpha value is -11.5. The topological polar surface area (TPSA) is 297 Å². The van der Waals surface area contributed by atoms with E-state index in [0.717, 1.165) is 161 Å². The second-order valence-electron chi connectivity index (χ2n) is 26.4. The van der Waals surface area contributed by atoms with Crippen LogP contribution < -0.4 is 0 Å². The van der Waals surface area contributed by atoms with E-state index in [1.165, 1.54) is 24.6 Å². The smallest absolute Gasteiger partial charge is 0.181 e. The van der Waals surface area contributed by atoms with Crippen LogP contribution in [-0.2, 0) is 25.8 Å². The third-order valence-corrected chi connectivity index (χ3v) is 17.1. The van der Waals surface area contributed by atoms with Gasteiger partial charge < -0.3 is 4.90 Å². The van der Waals surface area contributed by atoms with Gasteiger partial charge in [0.15, 0.2) is 23.3 Å². The van der Waals surface area contributed by atoms with E-state index in [1.807, 2.05) is 122 Å². The van der Waals surface area contributed by atoms with E-state index in [9.17, 15) is 8.78 Å². The number of hydrogen-bond acceptors (Lipinski definition) is 14. The third kappa shape index (κ3) is 16.4. The molecule has 0 radical (unpaired) electrons. The number of nitrogens with one attached hydrogen (secondary N) is 8. The SMILES string of the molecule is CC(C)CCCc1nc(-c2ccc3[nH]nc(-c4ccc(F)cc4)c3c2)n[nH]1.CC(C)Cc1nc(-c2ccc3[nH]nc(-c4ccc(F)c(Cl)c4)c3c2)n[nH]1.CC(C)Cc1nc(-c2ccc3[nH]nc(-c4cccc(Cl)c4)c3c2)n[nH]1.CN(C)Cc1nc(-c2ccc3[nH]nc(-c4cccnc4)c3c2)n[nH]1. The van der Waals surface area contributed by atoms with E-state index in [0.29, 0.717) is 51.8 Å². The first-order valence-electron chi connectivity index (χ1n) is 33.5. The first-order chi connectivity index (χ1) is 49.4. The summed E-state index contributed by atoms with van der Waals surface area (Å²) in [6, 6.07) is 46.5. The molecule has 0 saturated heterocycles. The lowest BCUT2D eigenvalue weighted by Gasteiger charge is -2.04. The first kappa shape index (κ1) is 69.0. The minimum Gasteiger partial charge on any atom is -0.302 e. The summed E-state index contributed by atoms with van der Waals surface area (Å²) in [4.78, 5) is 24.6. The molecule has 8 N–H and O–H groups in total. The molecule has 516 valence electrons. The summed E-state index contributed by atoms with van der Waals surface area (Å²) in [6.07, 6.45) is 8.47. The maximum atomic E-state index is 13.5. The molecule has 16 rings (SSSR count). The van der Waals surface area contributed by atoms with Crippen LogP contribution in [0.2, 0.25) is 10.0 Å². The summed E-state index contributed by atoms with van der Waals surface area (Å²) in [5.41, 5.74) is 14.3. The fraction of sp³-hybridized carbons (Fsp3) is 0.224. The molecule has 9 aromatic heterocycles. The number of H-pyrrole nitrogens is 8. The van der Waals surface area contributed by atoms with Crippen LogP contribution in [0.25, 0.3) is 134 Å². The van der Waals surface area contributed by atoms with E-state index in [-0.39, 0.29) is 10.8 Å². The summed E-state index contributed by atoms with van der Waals surface area (Å²) in [6.45, 7) is 13.8. The van der Waals surface area contributed by atoms with Crippen LogP contribution in [0.3, 0.4) is 0 Å². The number of halogens is 4. The van der Waals surface area contributed by atoms with Crippen molar-refractivity contribution in [2.75, 3.05) is 14.1 Å². The molecule has 0 aliphatic carbocycles. The second-order valence-corrected chi connectivity index (χ2v) is 27.2. The lowest BCUT2D eigenvalue weighted by Crippen LogP contribution is -2.11. The van der Waals surface area contributed by atoms with Crippen molar-refractivity contribution >= 4 is 66.8 Å². The average molecular weight is 1400 g/mol. The van der Waals surface area contributed by atoms with Gasteiger partial charge in [0, 0.05) is 103 Å². The number of nitrogens with zero attached hydrogens (tertiary/aromatic N) is 14. The van der Waals surface area contributed by atoms with Crippen LogP contribution in [-0.4, -0.2) is 125 Å². The fourth-order valence-corrected chi connectivity index (χ4v) is 12.1. The van der Waals surface area contributed by atoms with Crippen molar-refractivity contribution in [2.45, 2.75) is 80.2 Å². The Balaban J connectivity index is 0.000000121. The highest BCUT2D eigenvalue weighted by Crippen LogP contribution is 2.35. The summed E-state index contributed by atoms with van der Waals surface area (Å²) in [7, 11) is 4.00. The molecule has 0 aliphatic heterocycles. The maximum Gasteiger partial charge on any atom is 0.181 e. The number of aromatic amines is 8. The van der Waals surface area contributed by atoms with Gasteiger partial charge in [0.2, 0.25) is 0 Å². The number of pyridine rings is 1. The molecule has 0 fully saturated rings. The standard InChI is InChI=1S/C21H22FN5.C19H17ClFN5.C19H18ClN5.C17H17N7/c1-13(2)4-3-5-19-23-21(27-25-19)15-8-11-18-17(12-15)20(26-24-18)14-6-9-16(22)10-7-14;1-10(2)7-17-22-19(26-24-17)12-4-6-16-13(8-12)18(25-23-16)11-3-5-15(21)14(20)9-11;1-11(2)8-17-21-19(25-23-17)13-6-7-16-15(10-13)18(24-22-16)12-4-3-5-14(20)9-12;1-24(2)10-15-19-17(23-21-15)11-5-6-14-13(8-11)16(22-20-14)12-4-3-7-18-9-12/h6-13H,3-5H2,1-2H3,(H,24,26)(H,23,25,27);3-6,8-10H,7H2,1-2H3,(H,23,25)(H,22,24,26);3-7,9-11H,8H2,1-2H3,(H,22,24)(H,21,23,25);3-9H,10H2,1-2H3,(H,20,22)(H,19,21,23). The van der Waals surface area contributed by atoms with Crippen molar-refractivity contribution in [3.8, 4) is 90.6 Å². The van der Waals surface area contributed by atoms with E-state index >= 15 is 0 Å². The van der Waals surface area contributed by atoms with E-state index in [2.05, 4.69) is 160 Å². The van der Waals surface area contributed by atoms with Crippen molar-refractivity contribution < 1.29 is 8.78 Å². The predicted octanol–water partition coefficient (Wildman–Crippen LogP) is 17.5. The van der Waals surface area contributed by atoms with Gasteiger partial charge in [0.05, 0.1) is 50.7 Å². The highest BCUT2D eigenvalue weighted by molar-refractivity contribution is 6.31. The van der Waals surface area contributed by atoms with Gasteiger partial charge in [-0.2, -0.15) is 40.8 Å². The van der Waals surface area contributed by atoms with E-state index in [4.69, 9.17) is 23.2 Å². The zero-order valence-corrected chi connectivity index (χ0v) is 58.8. The molecule has 0 unspecified atom stereocenters. The van der Waals surface area contributed by atoms with Gasteiger partial charge in [-0.15, -0.1) is 0 Å². The van der Waals surface area contributed by atoms with Crippen LogP contribution in [0.1, 0.15) is 77.7 Å². The molecular weight excluding hydrogens is 1330 g/mol. The highest BCUT2D eigenvalue weighted by Gasteiger charge is 2.19. The molecule has 26 heteroatoms. The number of aromatic nitrogens is 21. The van der Waals surface area contributed by atoms with Crippen LogP contribution in [0.5, 0.6) is 0 Å². The molecule has 0 aliphatic rings. The van der Waals surface area contributed by atoms with Gasteiger partial charge in [0.1, 0.15) is 40.6 Å². The molecular formula is C76H74Cl2F2N22. The van der Waals surface area contributed by atoms with Crippen LogP contribution in [0, 0.1) is 29.4 Å². The molecule has 102 heavy (non-hydrogen) atoms. The quantitative estimate of drug-likeness (QED) is 0.0396. The number of benzene rings is 7. The molecule has 0 spiro atoms. The minimum atomic E-state index is -0.450. The number of aryl methyl sites for hydroxylation is 1. The first-order valence-corrected chi connectivity index (χ1v) is 34.3. The lowest BCUT2D eigenvalue weighted by atomic mass is 10.1. The van der Waals surface area contributed by atoms with Crippen molar-refractivity contribution in [3.63, 3.8) is 0 Å². The zero-order chi connectivity index (χ0) is 71.0. The van der Waals surface area contributed by atoms with Crippen molar-refractivity contribution in [1.82, 2.24) is 111 Å². The summed E-state index contributed by atoms with van der Waals surface area (Å²) >= 11 is 12.0. The molecule has 0 amide bonds. The molecule has 0 bridgehead atoms. The molecule has 0 saturated carbocycles. The zero-order valence-electron chi connectivity index (χ0n) is 57.3. The van der Waals surface area contributed by atoms with Crippen molar-refractivity contribution in [3.05, 3.63) is 209 Å². The van der Waals surface area contributed by atoms with Crippen LogP contribution in [0.4, 0.5) is 8.78 Å². The Kier molecular flexibility index (Phi) is 21.0. The van der Waals surface area contributed by atoms with Gasteiger partial charge in [-0.1, -0.05) is 83.3 Å². The summed E-state index contributed by atoms with van der Waals surface area (Å²) in [5, 5.41) is 63.9. The van der Waals surface area contributed by atoms with E-state index < -0.39 is 5.82 Å². The van der Waals surface area contributed by atoms with Gasteiger partial charge >= 0.3 is 0 Å². The molecule has 0 atom stereocenters. The van der Waals surface area contributed by atoms with E-state index in [1.54, 1.807) is 30.5 Å². The summed E-state index contributed by atoms with van der Waals surface area (Å²) in [5.74, 6) is 7.28. The number of fused-ring (bicyclic) bond motifs is 4.